The second-order valence-electron chi connectivity index (χ2n) is 4.34. The van der Waals surface area contributed by atoms with Crippen molar-refractivity contribution in [2.24, 2.45) is 0 Å². The smallest absolute Gasteiger partial charge is 0.255 e. The molecule has 0 atom stereocenters. The molecule has 2 N–H and O–H groups in total. The molecular weight excluding hydrogens is 295 g/mol. The van der Waals surface area contributed by atoms with Gasteiger partial charge < -0.3 is 10.6 Å². The summed E-state index contributed by atoms with van der Waals surface area (Å²) in [5, 5.41) is 5.50. The predicted molar refractivity (Wildman–Crippen MR) is 80.1 cm³/mol. The highest BCUT2D eigenvalue weighted by atomic mass is 35.5. The lowest BCUT2D eigenvalue weighted by atomic mass is 10.2. The third kappa shape index (κ3) is 4.03. The Hall–Kier alpha value is -2.40. The average molecular weight is 307 g/mol. The highest BCUT2D eigenvalue weighted by Gasteiger charge is 2.09. The third-order valence-electron chi connectivity index (χ3n) is 2.64. The summed E-state index contributed by atoms with van der Waals surface area (Å²) in [7, 11) is 0. The monoisotopic (exact) mass is 306 g/mol. The Morgan fingerprint density at radius 1 is 1.05 bits per heavy atom. The van der Waals surface area contributed by atoms with E-state index in [2.05, 4.69) is 10.6 Å². The summed E-state index contributed by atoms with van der Waals surface area (Å²) in [5.41, 5.74) is 0.807. The lowest BCUT2D eigenvalue weighted by molar-refractivity contribution is -0.114. The summed E-state index contributed by atoms with van der Waals surface area (Å²) >= 11 is 5.75. The van der Waals surface area contributed by atoms with E-state index in [4.69, 9.17) is 11.6 Å². The van der Waals surface area contributed by atoms with Crippen molar-refractivity contribution in [1.29, 1.82) is 0 Å². The van der Waals surface area contributed by atoms with Gasteiger partial charge in [0.05, 0.1) is 5.69 Å². The Labute approximate surface area is 125 Å². The van der Waals surface area contributed by atoms with Gasteiger partial charge in [-0.3, -0.25) is 9.59 Å². The number of anilines is 2. The molecule has 4 nitrogen and oxygen atoms in total. The van der Waals surface area contributed by atoms with Crippen molar-refractivity contribution in [3.05, 3.63) is 58.9 Å². The minimum atomic E-state index is -0.574. The van der Waals surface area contributed by atoms with Crippen molar-refractivity contribution in [3.63, 3.8) is 0 Å². The van der Waals surface area contributed by atoms with Crippen LogP contribution < -0.4 is 10.6 Å². The van der Waals surface area contributed by atoms with Gasteiger partial charge in [0.25, 0.3) is 5.91 Å². The zero-order chi connectivity index (χ0) is 15.4. The molecule has 0 saturated carbocycles. The van der Waals surface area contributed by atoms with Crippen molar-refractivity contribution in [2.45, 2.75) is 6.92 Å². The van der Waals surface area contributed by atoms with Crippen molar-refractivity contribution < 1.29 is 14.0 Å². The zero-order valence-corrected chi connectivity index (χ0v) is 11.9. The van der Waals surface area contributed by atoms with Crippen LogP contribution in [0.4, 0.5) is 15.8 Å². The summed E-state index contributed by atoms with van der Waals surface area (Å²) < 4.78 is 13.5. The number of amides is 2. The number of hydrogen-bond donors (Lipinski definition) is 2. The topological polar surface area (TPSA) is 58.2 Å². The molecule has 0 aliphatic heterocycles. The zero-order valence-electron chi connectivity index (χ0n) is 11.1. The van der Waals surface area contributed by atoms with Gasteiger partial charge in [-0.25, -0.2) is 4.39 Å². The second kappa shape index (κ2) is 6.37. The standard InChI is InChI=1S/C15H12ClFN2O2/c1-9(20)18-14-8-12(6-7-13(14)17)19-15(21)10-2-4-11(16)5-3-10/h2-8H,1H3,(H,18,20)(H,19,21). The minimum Gasteiger partial charge on any atom is -0.324 e. The largest absolute Gasteiger partial charge is 0.324 e. The first kappa shape index (κ1) is 15.0. The van der Waals surface area contributed by atoms with Crippen molar-refractivity contribution >= 4 is 34.8 Å². The van der Waals surface area contributed by atoms with E-state index in [-0.39, 0.29) is 11.6 Å². The van der Waals surface area contributed by atoms with Crippen LogP contribution in [0.1, 0.15) is 17.3 Å². The Morgan fingerprint density at radius 3 is 2.33 bits per heavy atom. The van der Waals surface area contributed by atoms with E-state index >= 15 is 0 Å². The summed E-state index contributed by atoms with van der Waals surface area (Å²) in [6, 6.07) is 10.3. The molecule has 108 valence electrons. The predicted octanol–water partition coefficient (Wildman–Crippen LogP) is 3.69. The van der Waals surface area contributed by atoms with E-state index in [0.29, 0.717) is 16.3 Å². The van der Waals surface area contributed by atoms with Gasteiger partial charge in [0.2, 0.25) is 5.91 Å². The summed E-state index contributed by atoms with van der Waals surface area (Å²) in [6.45, 7) is 1.28. The van der Waals surface area contributed by atoms with Crippen LogP contribution in [0.25, 0.3) is 0 Å². The molecule has 21 heavy (non-hydrogen) atoms. The SMILES string of the molecule is CC(=O)Nc1cc(NC(=O)c2ccc(Cl)cc2)ccc1F. The van der Waals surface area contributed by atoms with Crippen LogP contribution in [0.5, 0.6) is 0 Å². The first-order valence-corrected chi connectivity index (χ1v) is 6.47. The first-order valence-electron chi connectivity index (χ1n) is 6.10. The fraction of sp³-hybridized carbons (Fsp3) is 0.0667. The lowest BCUT2D eigenvalue weighted by Crippen LogP contribution is -2.13. The van der Waals surface area contributed by atoms with Crippen LogP contribution in [0.2, 0.25) is 5.02 Å². The average Bonchev–Trinajstić information content (AvgIpc) is 2.42. The Morgan fingerprint density at radius 2 is 1.71 bits per heavy atom. The van der Waals surface area contributed by atoms with Crippen LogP contribution in [0, 0.1) is 5.82 Å². The van der Waals surface area contributed by atoms with Crippen LogP contribution >= 0.6 is 11.6 Å². The Bertz CT molecular complexity index is 687. The van der Waals surface area contributed by atoms with Gasteiger partial charge in [-0.05, 0) is 42.5 Å². The van der Waals surface area contributed by atoms with Crippen LogP contribution in [0.15, 0.2) is 42.5 Å². The number of carbonyl (C=O) groups excluding carboxylic acids is 2. The van der Waals surface area contributed by atoms with Crippen LogP contribution in [0.3, 0.4) is 0 Å². The highest BCUT2D eigenvalue weighted by Crippen LogP contribution is 2.20. The van der Waals surface area contributed by atoms with E-state index in [1.807, 2.05) is 0 Å². The Kier molecular flexibility index (Phi) is 4.55. The maximum Gasteiger partial charge on any atom is 0.255 e. The molecule has 0 fully saturated rings. The molecule has 2 rings (SSSR count). The summed E-state index contributed by atoms with van der Waals surface area (Å²) in [6.07, 6.45) is 0. The fourth-order valence-corrected chi connectivity index (χ4v) is 1.82. The third-order valence-corrected chi connectivity index (χ3v) is 2.89. The molecule has 6 heteroatoms. The molecule has 0 aliphatic rings. The van der Waals surface area contributed by atoms with Crippen LogP contribution in [-0.2, 0) is 4.79 Å². The molecule has 0 aromatic heterocycles. The minimum absolute atomic E-state index is 0.0106. The normalized spacial score (nSPS) is 10.0. The lowest BCUT2D eigenvalue weighted by Gasteiger charge is -2.09. The van der Waals surface area contributed by atoms with Crippen molar-refractivity contribution in [1.82, 2.24) is 0 Å². The molecule has 0 unspecified atom stereocenters. The van der Waals surface area contributed by atoms with Gasteiger partial charge in [-0.1, -0.05) is 11.6 Å². The highest BCUT2D eigenvalue weighted by molar-refractivity contribution is 6.30. The van der Waals surface area contributed by atoms with Crippen molar-refractivity contribution in [2.75, 3.05) is 10.6 Å². The molecule has 0 aliphatic carbocycles. The van der Waals surface area contributed by atoms with E-state index in [9.17, 15) is 14.0 Å². The van der Waals surface area contributed by atoms with E-state index in [1.165, 1.54) is 25.1 Å². The summed E-state index contributed by atoms with van der Waals surface area (Å²) in [4.78, 5) is 23.0. The Balaban J connectivity index is 2.17. The second-order valence-corrected chi connectivity index (χ2v) is 4.77. The fourth-order valence-electron chi connectivity index (χ4n) is 1.69. The van der Waals surface area contributed by atoms with Crippen molar-refractivity contribution in [3.8, 4) is 0 Å². The van der Waals surface area contributed by atoms with Gasteiger partial charge in [0, 0.05) is 23.2 Å². The molecule has 2 amide bonds. The molecule has 0 spiro atoms. The molecule has 0 bridgehead atoms. The van der Waals surface area contributed by atoms with E-state index in [1.54, 1.807) is 24.3 Å². The first-order chi connectivity index (χ1) is 9.95. The van der Waals surface area contributed by atoms with Gasteiger partial charge in [-0.15, -0.1) is 0 Å². The molecule has 0 radical (unpaired) electrons. The van der Waals surface area contributed by atoms with E-state index in [0.717, 1.165) is 0 Å². The van der Waals surface area contributed by atoms with E-state index < -0.39 is 11.7 Å². The van der Waals surface area contributed by atoms with Gasteiger partial charge >= 0.3 is 0 Å². The van der Waals surface area contributed by atoms with Gasteiger partial charge in [0.15, 0.2) is 0 Å². The molecule has 0 saturated heterocycles. The molecule has 2 aromatic rings. The maximum atomic E-state index is 13.5. The number of hydrogen-bond acceptors (Lipinski definition) is 2. The number of benzene rings is 2. The maximum absolute atomic E-state index is 13.5. The quantitative estimate of drug-likeness (QED) is 0.908. The molecule has 0 heterocycles. The van der Waals surface area contributed by atoms with Gasteiger partial charge in [0.1, 0.15) is 5.82 Å². The number of halogens is 2. The van der Waals surface area contributed by atoms with Crippen LogP contribution in [-0.4, -0.2) is 11.8 Å². The molecule has 2 aromatic carbocycles. The number of carbonyl (C=O) groups is 2. The summed E-state index contributed by atoms with van der Waals surface area (Å²) in [5.74, 6) is -1.32. The number of rotatable bonds is 3. The molecular formula is C15H12ClFN2O2. The van der Waals surface area contributed by atoms with Gasteiger partial charge in [-0.2, -0.15) is 0 Å². The number of nitrogens with one attached hydrogen (secondary N) is 2.